The number of hydrogen-bond donors (Lipinski definition) is 2. The van der Waals surface area contributed by atoms with Gasteiger partial charge in [-0.25, -0.2) is 13.4 Å². The quantitative estimate of drug-likeness (QED) is 0.779. The highest BCUT2D eigenvalue weighted by molar-refractivity contribution is 7.89. The first-order chi connectivity index (χ1) is 8.93. The first-order valence-corrected chi connectivity index (χ1v) is 7.37. The number of anilines is 1. The van der Waals surface area contributed by atoms with Crippen LogP contribution in [0.4, 0.5) is 5.82 Å². The van der Waals surface area contributed by atoms with Crippen molar-refractivity contribution < 1.29 is 13.2 Å². The maximum Gasteiger partial charge on any atom is 0.246 e. The molecule has 1 unspecified atom stereocenters. The second-order valence-electron chi connectivity index (χ2n) is 4.49. The summed E-state index contributed by atoms with van der Waals surface area (Å²) in [6.45, 7) is 0.465. The van der Waals surface area contributed by atoms with Gasteiger partial charge in [0.05, 0.1) is 5.92 Å². The number of rotatable bonds is 3. The number of pyridine rings is 1. The molecule has 0 aliphatic carbocycles. The highest BCUT2D eigenvalue weighted by Gasteiger charge is 2.33. The number of nitrogen functional groups attached to an aromatic ring is 1. The zero-order valence-electron chi connectivity index (χ0n) is 10.3. The zero-order valence-corrected chi connectivity index (χ0v) is 11.1. The van der Waals surface area contributed by atoms with Crippen molar-refractivity contribution in [1.82, 2.24) is 9.29 Å². The number of aromatic nitrogens is 1. The van der Waals surface area contributed by atoms with E-state index in [0.29, 0.717) is 19.4 Å². The van der Waals surface area contributed by atoms with E-state index in [1.54, 1.807) is 0 Å². The first-order valence-electron chi connectivity index (χ1n) is 5.93. The summed E-state index contributed by atoms with van der Waals surface area (Å²) in [6.07, 6.45) is 2.65. The fraction of sp³-hybridized carbons (Fsp3) is 0.455. The summed E-state index contributed by atoms with van der Waals surface area (Å²) in [4.78, 5) is 14.9. The van der Waals surface area contributed by atoms with Gasteiger partial charge < -0.3 is 11.5 Å². The largest absolute Gasteiger partial charge is 0.383 e. The highest BCUT2D eigenvalue weighted by Crippen LogP contribution is 2.25. The van der Waals surface area contributed by atoms with Crippen LogP contribution in [-0.2, 0) is 14.8 Å². The van der Waals surface area contributed by atoms with Crippen LogP contribution in [-0.4, -0.2) is 36.7 Å². The van der Waals surface area contributed by atoms with Gasteiger partial charge >= 0.3 is 0 Å². The average molecular weight is 284 g/mol. The third kappa shape index (κ3) is 2.69. The normalized spacial score (nSPS) is 21.2. The summed E-state index contributed by atoms with van der Waals surface area (Å²) in [6, 6.07) is 2.92. The van der Waals surface area contributed by atoms with Crippen LogP contribution in [0.1, 0.15) is 12.8 Å². The number of nitrogens with zero attached hydrogens (tertiary/aromatic N) is 2. The first kappa shape index (κ1) is 13.8. The molecule has 0 spiro atoms. The molecule has 1 atom stereocenters. The van der Waals surface area contributed by atoms with Crippen molar-refractivity contribution in [3.05, 3.63) is 18.3 Å². The Morgan fingerprint density at radius 3 is 2.84 bits per heavy atom. The Kier molecular flexibility index (Phi) is 3.72. The fourth-order valence-corrected chi connectivity index (χ4v) is 3.74. The topological polar surface area (TPSA) is 119 Å². The third-order valence-corrected chi connectivity index (χ3v) is 5.12. The molecule has 2 rings (SSSR count). The van der Waals surface area contributed by atoms with E-state index in [-0.39, 0.29) is 17.3 Å². The van der Waals surface area contributed by atoms with Gasteiger partial charge in [-0.15, -0.1) is 0 Å². The van der Waals surface area contributed by atoms with E-state index in [9.17, 15) is 13.2 Å². The van der Waals surface area contributed by atoms with Crippen LogP contribution in [0.2, 0.25) is 0 Å². The van der Waals surface area contributed by atoms with Crippen LogP contribution in [0, 0.1) is 5.92 Å². The summed E-state index contributed by atoms with van der Waals surface area (Å²) >= 11 is 0. The second kappa shape index (κ2) is 5.14. The monoisotopic (exact) mass is 284 g/mol. The molecule has 1 fully saturated rings. The minimum Gasteiger partial charge on any atom is -0.383 e. The molecule has 1 saturated heterocycles. The molecule has 7 nitrogen and oxygen atoms in total. The van der Waals surface area contributed by atoms with Gasteiger partial charge in [-0.05, 0) is 25.0 Å². The minimum atomic E-state index is -3.72. The van der Waals surface area contributed by atoms with Gasteiger partial charge in [0.1, 0.15) is 10.7 Å². The van der Waals surface area contributed by atoms with Gasteiger partial charge in [-0.2, -0.15) is 4.31 Å². The van der Waals surface area contributed by atoms with Gasteiger partial charge in [-0.1, -0.05) is 0 Å². The van der Waals surface area contributed by atoms with Gasteiger partial charge in [0.15, 0.2) is 0 Å². The van der Waals surface area contributed by atoms with Crippen molar-refractivity contribution in [3.63, 3.8) is 0 Å². The molecule has 1 aliphatic rings. The molecule has 2 heterocycles. The Labute approximate surface area is 111 Å². The molecule has 0 bridgehead atoms. The number of primary amides is 1. The number of carbonyl (C=O) groups excluding carboxylic acids is 1. The lowest BCUT2D eigenvalue weighted by Crippen LogP contribution is -2.44. The van der Waals surface area contributed by atoms with Gasteiger partial charge in [0.25, 0.3) is 0 Å². The fourth-order valence-electron chi connectivity index (χ4n) is 2.15. The summed E-state index contributed by atoms with van der Waals surface area (Å²) in [7, 11) is -3.72. The maximum atomic E-state index is 12.4. The van der Waals surface area contributed by atoms with Crippen LogP contribution in [0.5, 0.6) is 0 Å². The van der Waals surface area contributed by atoms with Crippen LogP contribution in [0.25, 0.3) is 0 Å². The smallest absolute Gasteiger partial charge is 0.246 e. The van der Waals surface area contributed by atoms with Crippen molar-refractivity contribution in [3.8, 4) is 0 Å². The Bertz CT molecular complexity index is 587. The van der Waals surface area contributed by atoms with Crippen molar-refractivity contribution in [2.75, 3.05) is 18.8 Å². The lowest BCUT2D eigenvalue weighted by molar-refractivity contribution is -0.122. The number of sulfonamides is 1. The van der Waals surface area contributed by atoms with E-state index in [0.717, 1.165) is 0 Å². The minimum absolute atomic E-state index is 0.0277. The van der Waals surface area contributed by atoms with Crippen molar-refractivity contribution in [2.24, 2.45) is 11.7 Å². The van der Waals surface area contributed by atoms with Crippen LogP contribution >= 0.6 is 0 Å². The Morgan fingerprint density at radius 2 is 2.21 bits per heavy atom. The second-order valence-corrected chi connectivity index (χ2v) is 6.40. The zero-order chi connectivity index (χ0) is 14.0. The predicted molar refractivity (Wildman–Crippen MR) is 69.3 cm³/mol. The summed E-state index contributed by atoms with van der Waals surface area (Å²) in [5.41, 5.74) is 10.8. The SMILES string of the molecule is NC(=O)C1CCCN(S(=O)(=O)c2cccnc2N)C1. The molecule has 1 aliphatic heterocycles. The molecular weight excluding hydrogens is 268 g/mol. The molecule has 19 heavy (non-hydrogen) atoms. The van der Waals surface area contributed by atoms with Crippen LogP contribution in [0.15, 0.2) is 23.2 Å². The predicted octanol–water partition coefficient (Wildman–Crippen LogP) is -0.450. The van der Waals surface area contributed by atoms with E-state index in [1.165, 1.54) is 22.6 Å². The lowest BCUT2D eigenvalue weighted by atomic mass is 9.99. The molecule has 0 aromatic carbocycles. The highest BCUT2D eigenvalue weighted by atomic mass is 32.2. The summed E-state index contributed by atoms with van der Waals surface area (Å²) in [5.74, 6) is -0.954. The number of nitrogens with two attached hydrogens (primary N) is 2. The number of carbonyl (C=O) groups is 1. The molecule has 104 valence electrons. The van der Waals surface area contributed by atoms with Gasteiger partial charge in [0, 0.05) is 19.3 Å². The van der Waals surface area contributed by atoms with E-state index >= 15 is 0 Å². The average Bonchev–Trinajstić information content (AvgIpc) is 2.39. The maximum absolute atomic E-state index is 12.4. The Balaban J connectivity index is 2.30. The van der Waals surface area contributed by atoms with Crippen molar-refractivity contribution in [1.29, 1.82) is 0 Å². The van der Waals surface area contributed by atoms with Gasteiger partial charge in [0.2, 0.25) is 15.9 Å². The van der Waals surface area contributed by atoms with Crippen LogP contribution < -0.4 is 11.5 Å². The van der Waals surface area contributed by atoms with E-state index in [1.807, 2.05) is 0 Å². The number of hydrogen-bond acceptors (Lipinski definition) is 5. The standard InChI is InChI=1S/C11H16N4O3S/c12-10-9(4-1-5-14-10)19(17,18)15-6-2-3-8(7-15)11(13)16/h1,4-5,8H,2-3,6-7H2,(H2,12,14)(H2,13,16). The summed E-state index contributed by atoms with van der Waals surface area (Å²) < 4.78 is 26.1. The van der Waals surface area contributed by atoms with Gasteiger partial charge in [-0.3, -0.25) is 4.79 Å². The molecule has 1 aromatic heterocycles. The Hall–Kier alpha value is -1.67. The van der Waals surface area contributed by atoms with E-state index in [2.05, 4.69) is 4.98 Å². The molecule has 1 amide bonds. The molecule has 1 aromatic rings. The van der Waals surface area contributed by atoms with Crippen molar-refractivity contribution in [2.45, 2.75) is 17.7 Å². The molecule has 4 N–H and O–H groups in total. The molecular formula is C11H16N4O3S. The Morgan fingerprint density at radius 1 is 1.47 bits per heavy atom. The van der Waals surface area contributed by atoms with E-state index < -0.39 is 21.8 Å². The molecule has 0 radical (unpaired) electrons. The van der Waals surface area contributed by atoms with Crippen LogP contribution in [0.3, 0.4) is 0 Å². The number of amides is 1. The summed E-state index contributed by atoms with van der Waals surface area (Å²) in [5, 5.41) is 0. The third-order valence-electron chi connectivity index (χ3n) is 3.20. The van der Waals surface area contributed by atoms with E-state index in [4.69, 9.17) is 11.5 Å². The molecule has 0 saturated carbocycles. The lowest BCUT2D eigenvalue weighted by Gasteiger charge is -2.30. The molecule has 8 heteroatoms. The number of piperidine rings is 1. The van der Waals surface area contributed by atoms with Crippen molar-refractivity contribution >= 4 is 21.7 Å².